The summed E-state index contributed by atoms with van der Waals surface area (Å²) in [5.74, 6) is 0. The molecule has 5 aromatic rings. The van der Waals surface area contributed by atoms with Crippen molar-refractivity contribution in [1.29, 1.82) is 0 Å². The highest BCUT2D eigenvalue weighted by Crippen LogP contribution is 2.53. The fraction of sp³-hybridized carbons (Fsp3) is 0.171. The molecule has 0 amide bonds. The third-order valence-electron chi connectivity index (χ3n) is 8.54. The van der Waals surface area contributed by atoms with Gasteiger partial charge in [-0.25, -0.2) is 0 Å². The second-order valence-corrected chi connectivity index (χ2v) is 11.4. The number of hydrogen-bond acceptors (Lipinski definition) is 3. The minimum atomic E-state index is -0.0979. The average molecular weight is 494 g/mol. The summed E-state index contributed by atoms with van der Waals surface area (Å²) in [4.78, 5) is 9.28. The fourth-order valence-corrected chi connectivity index (χ4v) is 6.54. The van der Waals surface area contributed by atoms with E-state index in [1.807, 2.05) is 12.4 Å². The van der Waals surface area contributed by atoms with Crippen LogP contribution < -0.4 is 9.80 Å². The summed E-state index contributed by atoms with van der Waals surface area (Å²) in [5, 5.41) is 0. The molecule has 7 rings (SSSR count). The first-order chi connectivity index (χ1) is 18.4. The molecule has 2 aliphatic rings. The second-order valence-electron chi connectivity index (χ2n) is 11.4. The van der Waals surface area contributed by atoms with Crippen molar-refractivity contribution in [2.75, 3.05) is 9.80 Å². The van der Waals surface area contributed by atoms with E-state index in [1.165, 1.54) is 39.3 Å². The molecule has 0 spiro atoms. The lowest BCUT2D eigenvalue weighted by Gasteiger charge is -2.42. The average Bonchev–Trinajstić information content (AvgIpc) is 2.94. The number of benzene rings is 4. The molecule has 0 saturated carbocycles. The van der Waals surface area contributed by atoms with Gasteiger partial charge in [-0.3, -0.25) is 4.98 Å². The molecule has 38 heavy (non-hydrogen) atoms. The Morgan fingerprint density at radius 2 is 0.816 bits per heavy atom. The van der Waals surface area contributed by atoms with Crippen molar-refractivity contribution in [2.24, 2.45) is 0 Å². The molecule has 0 saturated heterocycles. The predicted molar refractivity (Wildman–Crippen MR) is 158 cm³/mol. The lowest BCUT2D eigenvalue weighted by Crippen LogP contribution is -2.31. The molecule has 0 unspecified atom stereocenters. The summed E-state index contributed by atoms with van der Waals surface area (Å²) in [6.07, 6.45) is 3.91. The van der Waals surface area contributed by atoms with Crippen LogP contribution in [0.4, 0.5) is 34.1 Å². The first kappa shape index (κ1) is 22.8. The zero-order chi connectivity index (χ0) is 26.1. The lowest BCUT2D eigenvalue weighted by atomic mass is 9.73. The third-order valence-corrected chi connectivity index (χ3v) is 8.54. The van der Waals surface area contributed by atoms with Crippen LogP contribution in [-0.2, 0) is 10.8 Å². The number of pyridine rings is 1. The van der Waals surface area contributed by atoms with Crippen LogP contribution >= 0.6 is 0 Å². The van der Waals surface area contributed by atoms with Gasteiger partial charge < -0.3 is 9.80 Å². The molecule has 3 heteroatoms. The number of hydrogen-bond donors (Lipinski definition) is 0. The van der Waals surface area contributed by atoms with Crippen molar-refractivity contribution in [2.45, 2.75) is 38.5 Å². The summed E-state index contributed by atoms with van der Waals surface area (Å²) >= 11 is 0. The van der Waals surface area contributed by atoms with Crippen molar-refractivity contribution in [3.63, 3.8) is 0 Å². The fourth-order valence-electron chi connectivity index (χ4n) is 6.54. The van der Waals surface area contributed by atoms with Crippen LogP contribution in [0.1, 0.15) is 49.9 Å². The van der Waals surface area contributed by atoms with E-state index < -0.39 is 0 Å². The van der Waals surface area contributed by atoms with Gasteiger partial charge in [0.2, 0.25) is 0 Å². The van der Waals surface area contributed by atoms with Gasteiger partial charge in [0.1, 0.15) is 0 Å². The summed E-state index contributed by atoms with van der Waals surface area (Å²) in [6.45, 7) is 9.26. The Morgan fingerprint density at radius 3 is 1.26 bits per heavy atom. The Bertz CT molecular complexity index is 1460. The minimum absolute atomic E-state index is 0.0648. The second kappa shape index (κ2) is 8.06. The van der Waals surface area contributed by atoms with E-state index in [1.54, 1.807) is 0 Å². The molecule has 2 aliphatic heterocycles. The van der Waals surface area contributed by atoms with Crippen molar-refractivity contribution in [3.05, 3.63) is 138 Å². The molecule has 0 fully saturated rings. The maximum Gasteiger partial charge on any atom is 0.0685 e. The van der Waals surface area contributed by atoms with E-state index in [0.717, 1.165) is 17.1 Å². The molecule has 0 radical (unpaired) electrons. The standard InChI is InChI=1S/C35H31N3/c1-34(2)26-11-5-8-14-30(26)37(31-15-9-6-12-27(31)34)24-17-19-25(20-18-24)38-32-16-10-7-13-28(32)35(3,4)29-21-22-36-23-33(29)38/h5-23H,1-4H3. The van der Waals surface area contributed by atoms with Crippen LogP contribution in [0.25, 0.3) is 0 Å². The number of anilines is 6. The van der Waals surface area contributed by atoms with Crippen LogP contribution in [-0.4, -0.2) is 4.98 Å². The smallest absolute Gasteiger partial charge is 0.0685 e. The van der Waals surface area contributed by atoms with Crippen molar-refractivity contribution >= 4 is 34.1 Å². The van der Waals surface area contributed by atoms with Gasteiger partial charge in [-0.1, -0.05) is 82.3 Å². The monoisotopic (exact) mass is 493 g/mol. The highest BCUT2D eigenvalue weighted by atomic mass is 15.2. The normalized spacial score (nSPS) is 16.2. The first-order valence-corrected chi connectivity index (χ1v) is 13.3. The maximum absolute atomic E-state index is 4.52. The van der Waals surface area contributed by atoms with Gasteiger partial charge in [-0.05, 0) is 70.8 Å². The predicted octanol–water partition coefficient (Wildman–Crippen LogP) is 9.30. The first-order valence-electron chi connectivity index (χ1n) is 13.3. The zero-order valence-corrected chi connectivity index (χ0v) is 22.3. The minimum Gasteiger partial charge on any atom is -0.310 e. The molecular weight excluding hydrogens is 462 g/mol. The highest BCUT2D eigenvalue weighted by Gasteiger charge is 2.38. The van der Waals surface area contributed by atoms with Crippen molar-refractivity contribution in [1.82, 2.24) is 4.98 Å². The molecule has 1 aromatic heterocycles. The molecule has 0 N–H and O–H groups in total. The van der Waals surface area contributed by atoms with Gasteiger partial charge in [0.15, 0.2) is 0 Å². The Balaban J connectivity index is 1.37. The van der Waals surface area contributed by atoms with Crippen LogP contribution in [0, 0.1) is 0 Å². The van der Waals surface area contributed by atoms with E-state index in [0.29, 0.717) is 0 Å². The zero-order valence-electron chi connectivity index (χ0n) is 22.3. The Hall–Kier alpha value is -4.37. The SMILES string of the molecule is CC1(C)c2ccccc2N(c2ccc(N3c4ccccc4C(C)(C)c4ccncc43)cc2)c2ccccc21. The topological polar surface area (TPSA) is 19.4 Å². The van der Waals surface area contributed by atoms with E-state index in [-0.39, 0.29) is 10.8 Å². The molecule has 3 nitrogen and oxygen atoms in total. The summed E-state index contributed by atoms with van der Waals surface area (Å²) in [5.41, 5.74) is 12.2. The number of aromatic nitrogens is 1. The quantitative estimate of drug-likeness (QED) is 0.244. The van der Waals surface area contributed by atoms with E-state index in [4.69, 9.17) is 0 Å². The van der Waals surface area contributed by atoms with E-state index in [2.05, 4.69) is 146 Å². The summed E-state index contributed by atoms with van der Waals surface area (Å²) < 4.78 is 0. The van der Waals surface area contributed by atoms with Gasteiger partial charge in [0.25, 0.3) is 0 Å². The Morgan fingerprint density at radius 1 is 0.447 bits per heavy atom. The van der Waals surface area contributed by atoms with Gasteiger partial charge >= 0.3 is 0 Å². The van der Waals surface area contributed by atoms with E-state index >= 15 is 0 Å². The highest BCUT2D eigenvalue weighted by molar-refractivity contribution is 5.89. The van der Waals surface area contributed by atoms with E-state index in [9.17, 15) is 0 Å². The van der Waals surface area contributed by atoms with Crippen LogP contribution in [0.2, 0.25) is 0 Å². The van der Waals surface area contributed by atoms with Gasteiger partial charge in [-0.2, -0.15) is 0 Å². The Kier molecular flexibility index (Phi) is 4.84. The number of para-hydroxylation sites is 3. The lowest BCUT2D eigenvalue weighted by molar-refractivity contribution is 0.630. The number of nitrogens with zero attached hydrogens (tertiary/aromatic N) is 3. The maximum atomic E-state index is 4.52. The number of fused-ring (bicyclic) bond motifs is 4. The third kappa shape index (κ3) is 3.11. The van der Waals surface area contributed by atoms with Gasteiger partial charge in [-0.15, -0.1) is 0 Å². The van der Waals surface area contributed by atoms with Gasteiger partial charge in [0, 0.05) is 28.4 Å². The molecule has 0 atom stereocenters. The van der Waals surface area contributed by atoms with Gasteiger partial charge in [0.05, 0.1) is 28.9 Å². The largest absolute Gasteiger partial charge is 0.310 e. The molecule has 0 aliphatic carbocycles. The molecule has 3 heterocycles. The van der Waals surface area contributed by atoms with Crippen LogP contribution in [0.3, 0.4) is 0 Å². The summed E-state index contributed by atoms with van der Waals surface area (Å²) in [6, 6.07) is 37.5. The molecule has 186 valence electrons. The van der Waals surface area contributed by atoms with Crippen LogP contribution in [0.15, 0.2) is 116 Å². The molecule has 4 aromatic carbocycles. The molecular formula is C35H31N3. The number of rotatable bonds is 2. The van der Waals surface area contributed by atoms with Crippen molar-refractivity contribution < 1.29 is 0 Å². The van der Waals surface area contributed by atoms with Crippen LogP contribution in [0.5, 0.6) is 0 Å². The van der Waals surface area contributed by atoms with Crippen molar-refractivity contribution in [3.8, 4) is 0 Å². The Labute approximate surface area is 225 Å². The molecule has 0 bridgehead atoms. The summed E-state index contributed by atoms with van der Waals surface area (Å²) in [7, 11) is 0.